The summed E-state index contributed by atoms with van der Waals surface area (Å²) in [5, 5.41) is 7.32. The first-order chi connectivity index (χ1) is 10.1. The zero-order valence-electron chi connectivity index (χ0n) is 12.7. The Labute approximate surface area is 126 Å². The summed E-state index contributed by atoms with van der Waals surface area (Å²) >= 11 is 0. The third-order valence-electron chi connectivity index (χ3n) is 3.45. The van der Waals surface area contributed by atoms with E-state index in [2.05, 4.69) is 10.4 Å². The van der Waals surface area contributed by atoms with Gasteiger partial charge in [-0.15, -0.1) is 0 Å². The molecule has 120 valence electrons. The van der Waals surface area contributed by atoms with Gasteiger partial charge in [0, 0.05) is 32.4 Å². The molecule has 0 spiro atoms. The number of hydrogen-bond acceptors (Lipinski definition) is 5. The van der Waals surface area contributed by atoms with Crippen LogP contribution in [0, 0.1) is 0 Å². The van der Waals surface area contributed by atoms with E-state index in [1.807, 2.05) is 6.92 Å². The van der Waals surface area contributed by atoms with Crippen LogP contribution in [0.15, 0.2) is 17.3 Å². The molecule has 0 bridgehead atoms. The Kier molecular flexibility index (Phi) is 5.74. The van der Waals surface area contributed by atoms with Crippen molar-refractivity contribution in [3.63, 3.8) is 0 Å². The van der Waals surface area contributed by atoms with E-state index in [0.29, 0.717) is 19.7 Å². The van der Waals surface area contributed by atoms with Gasteiger partial charge in [-0.1, -0.05) is 6.92 Å². The number of likely N-dealkylation sites (N-methyl/N-ethyl adjacent to an activating group) is 1. The van der Waals surface area contributed by atoms with Gasteiger partial charge in [0.15, 0.2) is 0 Å². The van der Waals surface area contributed by atoms with E-state index in [1.54, 1.807) is 22.3 Å². The Morgan fingerprint density at radius 3 is 2.90 bits per heavy atom. The molecule has 0 unspecified atom stereocenters. The lowest BCUT2D eigenvalue weighted by Crippen LogP contribution is -2.35. The first kappa shape index (κ1) is 16.4. The third kappa shape index (κ3) is 4.26. The first-order valence-corrected chi connectivity index (χ1v) is 8.77. The van der Waals surface area contributed by atoms with Crippen LogP contribution in [-0.4, -0.2) is 61.9 Å². The van der Waals surface area contributed by atoms with E-state index in [-0.39, 0.29) is 10.9 Å². The number of hydrogen-bond donors (Lipinski definition) is 1. The van der Waals surface area contributed by atoms with Crippen molar-refractivity contribution in [2.24, 2.45) is 0 Å². The predicted molar refractivity (Wildman–Crippen MR) is 79.6 cm³/mol. The summed E-state index contributed by atoms with van der Waals surface area (Å²) in [7, 11) is -1.89. The Bertz CT molecular complexity index is 539. The second-order valence-electron chi connectivity index (χ2n) is 5.13. The molecule has 1 aliphatic carbocycles. The summed E-state index contributed by atoms with van der Waals surface area (Å²) in [5.74, 6) is 0. The standard InChI is InChI=1S/C13H24N4O3S/c1-3-14-6-7-16-11-13(10-15-16)21(18,19)17(8-9-20-2)12-4-5-12/h10-12,14H,3-9H2,1-2H3. The van der Waals surface area contributed by atoms with Crippen LogP contribution >= 0.6 is 0 Å². The van der Waals surface area contributed by atoms with Crippen molar-refractivity contribution in [2.75, 3.05) is 33.4 Å². The van der Waals surface area contributed by atoms with Gasteiger partial charge in [-0.25, -0.2) is 8.42 Å². The second-order valence-corrected chi connectivity index (χ2v) is 7.02. The minimum atomic E-state index is -3.47. The molecule has 0 saturated heterocycles. The highest BCUT2D eigenvalue weighted by Crippen LogP contribution is 2.31. The Morgan fingerprint density at radius 2 is 2.29 bits per heavy atom. The number of ether oxygens (including phenoxy) is 1. The van der Waals surface area contributed by atoms with Crippen LogP contribution in [0.4, 0.5) is 0 Å². The molecule has 1 heterocycles. The highest BCUT2D eigenvalue weighted by Gasteiger charge is 2.38. The van der Waals surface area contributed by atoms with Gasteiger partial charge in [0.25, 0.3) is 0 Å². The molecule has 0 aromatic carbocycles. The molecular weight excluding hydrogens is 292 g/mol. The molecule has 2 rings (SSSR count). The summed E-state index contributed by atoms with van der Waals surface area (Å²) in [6.45, 7) is 5.15. The molecule has 0 atom stereocenters. The lowest BCUT2D eigenvalue weighted by atomic mass is 10.6. The fourth-order valence-corrected chi connectivity index (χ4v) is 3.77. The van der Waals surface area contributed by atoms with Crippen LogP contribution in [0.25, 0.3) is 0 Å². The average molecular weight is 316 g/mol. The number of nitrogens with one attached hydrogen (secondary N) is 1. The molecule has 1 fully saturated rings. The highest BCUT2D eigenvalue weighted by molar-refractivity contribution is 7.89. The Hall–Kier alpha value is -0.960. The molecular formula is C13H24N4O3S. The first-order valence-electron chi connectivity index (χ1n) is 7.33. The molecule has 8 heteroatoms. The molecule has 0 aliphatic heterocycles. The van der Waals surface area contributed by atoms with Gasteiger partial charge < -0.3 is 10.1 Å². The lowest BCUT2D eigenvalue weighted by molar-refractivity contribution is 0.177. The average Bonchev–Trinajstić information content (AvgIpc) is 3.16. The van der Waals surface area contributed by atoms with E-state index >= 15 is 0 Å². The highest BCUT2D eigenvalue weighted by atomic mass is 32.2. The molecule has 1 saturated carbocycles. The Morgan fingerprint density at radius 1 is 1.52 bits per heavy atom. The monoisotopic (exact) mass is 316 g/mol. The largest absolute Gasteiger partial charge is 0.383 e. The van der Waals surface area contributed by atoms with Crippen molar-refractivity contribution < 1.29 is 13.2 Å². The van der Waals surface area contributed by atoms with E-state index in [0.717, 1.165) is 25.9 Å². The van der Waals surface area contributed by atoms with Gasteiger partial charge in [-0.05, 0) is 19.4 Å². The van der Waals surface area contributed by atoms with Gasteiger partial charge in [0.2, 0.25) is 10.0 Å². The van der Waals surface area contributed by atoms with Crippen LogP contribution in [0.2, 0.25) is 0 Å². The second kappa shape index (κ2) is 7.35. The fraction of sp³-hybridized carbons (Fsp3) is 0.769. The summed E-state index contributed by atoms with van der Waals surface area (Å²) < 4.78 is 33.6. The van der Waals surface area contributed by atoms with Crippen molar-refractivity contribution in [3.8, 4) is 0 Å². The number of methoxy groups -OCH3 is 1. The fourth-order valence-electron chi connectivity index (χ4n) is 2.15. The number of sulfonamides is 1. The third-order valence-corrected chi connectivity index (χ3v) is 5.36. The SMILES string of the molecule is CCNCCn1cc(S(=O)(=O)N(CCOC)C2CC2)cn1. The molecule has 0 radical (unpaired) electrons. The Balaban J connectivity index is 2.06. The normalized spacial score (nSPS) is 15.8. The smallest absolute Gasteiger partial charge is 0.246 e. The van der Waals surface area contributed by atoms with Crippen LogP contribution in [0.1, 0.15) is 19.8 Å². The summed E-state index contributed by atoms with van der Waals surface area (Å²) in [4.78, 5) is 0.266. The minimum absolute atomic E-state index is 0.121. The number of aromatic nitrogens is 2. The molecule has 7 nitrogen and oxygen atoms in total. The van der Waals surface area contributed by atoms with Crippen LogP contribution in [0.3, 0.4) is 0 Å². The van der Waals surface area contributed by atoms with Gasteiger partial charge in [-0.3, -0.25) is 4.68 Å². The van der Waals surface area contributed by atoms with E-state index in [4.69, 9.17) is 4.74 Å². The summed E-state index contributed by atoms with van der Waals surface area (Å²) in [5.41, 5.74) is 0. The topological polar surface area (TPSA) is 76.5 Å². The number of nitrogens with zero attached hydrogens (tertiary/aromatic N) is 3. The summed E-state index contributed by atoms with van der Waals surface area (Å²) in [6, 6.07) is 0.121. The van der Waals surface area contributed by atoms with Crippen molar-refractivity contribution in [1.82, 2.24) is 19.4 Å². The maximum Gasteiger partial charge on any atom is 0.246 e. The minimum Gasteiger partial charge on any atom is -0.383 e. The molecule has 0 amide bonds. The van der Waals surface area contributed by atoms with Crippen LogP contribution in [-0.2, 0) is 21.3 Å². The van der Waals surface area contributed by atoms with Crippen LogP contribution in [0.5, 0.6) is 0 Å². The van der Waals surface area contributed by atoms with E-state index < -0.39 is 10.0 Å². The van der Waals surface area contributed by atoms with E-state index in [9.17, 15) is 8.42 Å². The van der Waals surface area contributed by atoms with E-state index in [1.165, 1.54) is 6.20 Å². The molecule has 1 aromatic heterocycles. The maximum atomic E-state index is 12.7. The number of rotatable bonds is 10. The van der Waals surface area contributed by atoms with Crippen molar-refractivity contribution in [2.45, 2.75) is 37.2 Å². The van der Waals surface area contributed by atoms with Gasteiger partial charge >= 0.3 is 0 Å². The zero-order chi connectivity index (χ0) is 15.3. The maximum absolute atomic E-state index is 12.7. The zero-order valence-corrected chi connectivity index (χ0v) is 13.5. The van der Waals surface area contributed by atoms with Crippen LogP contribution < -0.4 is 5.32 Å². The quantitative estimate of drug-likeness (QED) is 0.628. The van der Waals surface area contributed by atoms with Gasteiger partial charge in [-0.2, -0.15) is 9.40 Å². The molecule has 1 N–H and O–H groups in total. The molecule has 1 aromatic rings. The van der Waals surface area contributed by atoms with Gasteiger partial charge in [0.05, 0.1) is 19.3 Å². The summed E-state index contributed by atoms with van der Waals surface area (Å²) in [6.07, 6.45) is 4.90. The van der Waals surface area contributed by atoms with Crippen molar-refractivity contribution >= 4 is 10.0 Å². The molecule has 21 heavy (non-hydrogen) atoms. The lowest BCUT2D eigenvalue weighted by Gasteiger charge is -2.20. The molecule has 1 aliphatic rings. The van der Waals surface area contributed by atoms with Crippen molar-refractivity contribution in [1.29, 1.82) is 0 Å². The van der Waals surface area contributed by atoms with Crippen molar-refractivity contribution in [3.05, 3.63) is 12.4 Å². The van der Waals surface area contributed by atoms with Gasteiger partial charge in [0.1, 0.15) is 4.90 Å². The predicted octanol–water partition coefficient (Wildman–Crippen LogP) is 0.292.